The number of fused-ring (bicyclic) bond motifs is 3. The number of anilines is 1. The normalized spacial score (nSPS) is 11.5. The number of benzene rings is 2. The third-order valence-corrected chi connectivity index (χ3v) is 5.17. The molecule has 132 valence electrons. The van der Waals surface area contributed by atoms with Gasteiger partial charge < -0.3 is 4.42 Å². The molecule has 2 aromatic heterocycles. The van der Waals surface area contributed by atoms with E-state index in [1.165, 1.54) is 11.3 Å². The van der Waals surface area contributed by atoms with Crippen LogP contribution in [-0.4, -0.2) is 16.1 Å². The quantitative estimate of drug-likeness (QED) is 0.540. The zero-order chi connectivity index (χ0) is 18.3. The van der Waals surface area contributed by atoms with E-state index in [0.29, 0.717) is 16.8 Å². The minimum atomic E-state index is -0.296. The Morgan fingerprint density at radius 3 is 2.77 bits per heavy atom. The van der Waals surface area contributed by atoms with Gasteiger partial charge in [-0.2, -0.15) is 0 Å². The fourth-order valence-electron chi connectivity index (χ4n) is 3.06. The summed E-state index contributed by atoms with van der Waals surface area (Å²) >= 11 is 1.40. The maximum absolute atomic E-state index is 12.7. The smallest absolute Gasteiger partial charge is 0.293 e. The van der Waals surface area contributed by atoms with Gasteiger partial charge in [-0.15, -0.1) is 10.2 Å². The summed E-state index contributed by atoms with van der Waals surface area (Å²) in [5, 5.41) is 15.5. The van der Waals surface area contributed by atoms with Crippen LogP contribution in [0, 0.1) is 12.8 Å². The number of aryl methyl sites for hydroxylation is 1. The van der Waals surface area contributed by atoms with E-state index in [1.54, 1.807) is 0 Å². The van der Waals surface area contributed by atoms with E-state index < -0.39 is 0 Å². The molecule has 0 aliphatic heterocycles. The maximum atomic E-state index is 12.7. The summed E-state index contributed by atoms with van der Waals surface area (Å²) in [7, 11) is 0. The molecule has 0 radical (unpaired) electrons. The number of rotatable bonds is 4. The van der Waals surface area contributed by atoms with E-state index in [-0.39, 0.29) is 5.91 Å². The first kappa shape index (κ1) is 16.7. The van der Waals surface area contributed by atoms with Crippen molar-refractivity contribution in [1.29, 1.82) is 0 Å². The number of hydrogen-bond acceptors (Lipinski definition) is 5. The summed E-state index contributed by atoms with van der Waals surface area (Å²) in [6.07, 6.45) is 0.850. The molecule has 4 aromatic rings. The van der Waals surface area contributed by atoms with Crippen LogP contribution in [0.4, 0.5) is 5.13 Å². The van der Waals surface area contributed by atoms with Crippen molar-refractivity contribution in [2.45, 2.75) is 27.2 Å². The van der Waals surface area contributed by atoms with Gasteiger partial charge in [0.25, 0.3) is 5.91 Å². The summed E-state index contributed by atoms with van der Waals surface area (Å²) in [6.45, 7) is 6.16. The summed E-state index contributed by atoms with van der Waals surface area (Å²) in [6, 6.07) is 12.0. The molecule has 0 unspecified atom stereocenters. The monoisotopic (exact) mass is 365 g/mol. The molecule has 0 spiro atoms. The molecule has 0 saturated carbocycles. The van der Waals surface area contributed by atoms with E-state index >= 15 is 0 Å². The molecule has 0 saturated heterocycles. The van der Waals surface area contributed by atoms with Crippen LogP contribution in [0.15, 0.2) is 40.8 Å². The molecule has 0 aliphatic carbocycles. The fourth-order valence-corrected chi connectivity index (χ4v) is 4.00. The molecule has 0 aliphatic rings. The van der Waals surface area contributed by atoms with Gasteiger partial charge in [-0.3, -0.25) is 10.1 Å². The molecule has 2 heterocycles. The van der Waals surface area contributed by atoms with Crippen molar-refractivity contribution in [2.24, 2.45) is 5.92 Å². The predicted molar refractivity (Wildman–Crippen MR) is 105 cm³/mol. The van der Waals surface area contributed by atoms with Crippen LogP contribution in [0.2, 0.25) is 0 Å². The first-order chi connectivity index (χ1) is 12.5. The van der Waals surface area contributed by atoms with E-state index in [1.807, 2.05) is 43.3 Å². The number of nitrogens with zero attached hydrogens (tertiary/aromatic N) is 2. The minimum Gasteiger partial charge on any atom is -0.450 e. The third-order valence-electron chi connectivity index (χ3n) is 4.30. The topological polar surface area (TPSA) is 68.0 Å². The van der Waals surface area contributed by atoms with Gasteiger partial charge in [0.1, 0.15) is 10.6 Å². The Kier molecular flexibility index (Phi) is 4.20. The Morgan fingerprint density at radius 1 is 1.15 bits per heavy atom. The van der Waals surface area contributed by atoms with E-state index in [2.05, 4.69) is 29.4 Å². The molecule has 2 aromatic carbocycles. The Balaban J connectivity index is 1.67. The van der Waals surface area contributed by atoms with Crippen LogP contribution in [0.3, 0.4) is 0 Å². The Hall–Kier alpha value is -2.73. The van der Waals surface area contributed by atoms with Gasteiger partial charge in [-0.1, -0.05) is 61.6 Å². The first-order valence-corrected chi connectivity index (χ1v) is 9.39. The third kappa shape index (κ3) is 2.97. The molecule has 0 bridgehead atoms. The molecule has 5 nitrogen and oxygen atoms in total. The number of amides is 1. The molecule has 6 heteroatoms. The Labute approximate surface area is 155 Å². The van der Waals surface area contributed by atoms with Gasteiger partial charge in [0.05, 0.1) is 0 Å². The van der Waals surface area contributed by atoms with Crippen LogP contribution in [0.1, 0.15) is 35.0 Å². The maximum Gasteiger partial charge on any atom is 0.293 e. The van der Waals surface area contributed by atoms with Crippen LogP contribution >= 0.6 is 11.3 Å². The van der Waals surface area contributed by atoms with Crippen molar-refractivity contribution in [3.63, 3.8) is 0 Å². The van der Waals surface area contributed by atoms with Gasteiger partial charge in [0.15, 0.2) is 5.76 Å². The summed E-state index contributed by atoms with van der Waals surface area (Å²) in [5.41, 5.74) is 1.57. The molecule has 1 amide bonds. The molecule has 0 fully saturated rings. The van der Waals surface area contributed by atoms with E-state index in [0.717, 1.165) is 38.7 Å². The highest BCUT2D eigenvalue weighted by molar-refractivity contribution is 7.15. The number of hydrogen-bond donors (Lipinski definition) is 1. The SMILES string of the molecule is Cc1c(C(=O)Nc2nnc(CC(C)C)s2)oc2c1ccc1ccccc12. The number of furan rings is 1. The second-order valence-electron chi connectivity index (χ2n) is 6.77. The number of aromatic nitrogens is 2. The van der Waals surface area contributed by atoms with Crippen molar-refractivity contribution in [3.05, 3.63) is 52.7 Å². The molecule has 1 N–H and O–H groups in total. The van der Waals surface area contributed by atoms with Gasteiger partial charge in [-0.05, 0) is 18.2 Å². The highest BCUT2D eigenvalue weighted by atomic mass is 32.1. The zero-order valence-electron chi connectivity index (χ0n) is 14.9. The van der Waals surface area contributed by atoms with E-state index in [4.69, 9.17) is 4.42 Å². The van der Waals surface area contributed by atoms with Crippen LogP contribution in [0.25, 0.3) is 21.7 Å². The lowest BCUT2D eigenvalue weighted by molar-refractivity contribution is 0.0998. The average Bonchev–Trinajstić information content (AvgIpc) is 3.18. The largest absolute Gasteiger partial charge is 0.450 e. The zero-order valence-corrected chi connectivity index (χ0v) is 15.7. The van der Waals surface area contributed by atoms with Gasteiger partial charge in [-0.25, -0.2) is 0 Å². The highest BCUT2D eigenvalue weighted by Crippen LogP contribution is 2.32. The molecular formula is C20H19N3O2S. The standard InChI is InChI=1S/C20H19N3O2S/c1-11(2)10-16-22-23-20(26-16)21-19(24)17-12(3)14-9-8-13-6-4-5-7-15(13)18(14)25-17/h4-9,11H,10H2,1-3H3,(H,21,23,24). The lowest BCUT2D eigenvalue weighted by Crippen LogP contribution is -2.11. The molecule has 0 atom stereocenters. The lowest BCUT2D eigenvalue weighted by Gasteiger charge is -1.99. The van der Waals surface area contributed by atoms with Crippen molar-refractivity contribution >= 4 is 44.1 Å². The molecule has 26 heavy (non-hydrogen) atoms. The van der Waals surface area contributed by atoms with Crippen molar-refractivity contribution in [3.8, 4) is 0 Å². The highest BCUT2D eigenvalue weighted by Gasteiger charge is 2.20. The van der Waals surface area contributed by atoms with Crippen molar-refractivity contribution in [1.82, 2.24) is 10.2 Å². The first-order valence-electron chi connectivity index (χ1n) is 8.57. The van der Waals surface area contributed by atoms with E-state index in [9.17, 15) is 4.79 Å². The van der Waals surface area contributed by atoms with Gasteiger partial charge >= 0.3 is 0 Å². The van der Waals surface area contributed by atoms with Crippen LogP contribution < -0.4 is 5.32 Å². The summed E-state index contributed by atoms with van der Waals surface area (Å²) in [5.74, 6) is 0.518. The average molecular weight is 365 g/mol. The van der Waals surface area contributed by atoms with Crippen molar-refractivity contribution < 1.29 is 9.21 Å². The fraction of sp³-hybridized carbons (Fsp3) is 0.250. The second-order valence-corrected chi connectivity index (χ2v) is 7.83. The number of carbonyl (C=O) groups excluding carboxylic acids is 1. The molecular weight excluding hydrogens is 346 g/mol. The minimum absolute atomic E-state index is 0.296. The molecule has 4 rings (SSSR count). The number of carbonyl (C=O) groups is 1. The van der Waals surface area contributed by atoms with Gasteiger partial charge in [0, 0.05) is 22.8 Å². The van der Waals surface area contributed by atoms with Crippen molar-refractivity contribution in [2.75, 3.05) is 5.32 Å². The Morgan fingerprint density at radius 2 is 1.96 bits per heavy atom. The lowest BCUT2D eigenvalue weighted by atomic mass is 10.1. The predicted octanol–water partition coefficient (Wildman–Crippen LogP) is 5.20. The summed E-state index contributed by atoms with van der Waals surface area (Å²) < 4.78 is 5.96. The number of nitrogens with one attached hydrogen (secondary N) is 1. The Bertz CT molecular complexity index is 1110. The van der Waals surface area contributed by atoms with Gasteiger partial charge in [0.2, 0.25) is 5.13 Å². The van der Waals surface area contributed by atoms with Crippen LogP contribution in [0.5, 0.6) is 0 Å². The van der Waals surface area contributed by atoms with Crippen LogP contribution in [-0.2, 0) is 6.42 Å². The summed E-state index contributed by atoms with van der Waals surface area (Å²) in [4.78, 5) is 12.7. The second kappa shape index (κ2) is 6.53.